The number of carbonyl (C=O) groups excluding carboxylic acids is 1. The van der Waals surface area contributed by atoms with Crippen LogP contribution in [0.25, 0.3) is 5.69 Å². The first-order valence-corrected chi connectivity index (χ1v) is 10.6. The normalized spacial score (nSPS) is 15.2. The van der Waals surface area contributed by atoms with Gasteiger partial charge in [0.25, 0.3) is 5.56 Å². The molecule has 0 aliphatic carbocycles. The van der Waals surface area contributed by atoms with Crippen molar-refractivity contribution in [3.05, 3.63) is 79.5 Å². The van der Waals surface area contributed by atoms with Gasteiger partial charge < -0.3 is 14.6 Å². The molecule has 1 atom stereocenters. The molecule has 0 saturated carbocycles. The van der Waals surface area contributed by atoms with Gasteiger partial charge in [-0.2, -0.15) is 5.10 Å². The molecule has 1 aliphatic heterocycles. The lowest BCUT2D eigenvalue weighted by atomic mass is 9.98. The lowest BCUT2D eigenvalue weighted by molar-refractivity contribution is -0.130. The molecule has 0 unspecified atom stereocenters. The number of hydrazone groups is 1. The molecule has 10 nitrogen and oxygen atoms in total. The van der Waals surface area contributed by atoms with Crippen LogP contribution < -0.4 is 20.7 Å². The van der Waals surface area contributed by atoms with Crippen molar-refractivity contribution < 1.29 is 19.4 Å². The second-order valence-corrected chi connectivity index (χ2v) is 7.94. The predicted molar refractivity (Wildman–Crippen MR) is 125 cm³/mol. The van der Waals surface area contributed by atoms with Crippen LogP contribution in [0.1, 0.15) is 30.5 Å². The van der Waals surface area contributed by atoms with Crippen LogP contribution in [-0.4, -0.2) is 45.5 Å². The van der Waals surface area contributed by atoms with E-state index < -0.39 is 23.2 Å². The minimum atomic E-state index is -0.830. The lowest BCUT2D eigenvalue weighted by Crippen LogP contribution is -2.33. The second kappa shape index (κ2) is 9.06. The second-order valence-electron chi connectivity index (χ2n) is 7.51. The summed E-state index contributed by atoms with van der Waals surface area (Å²) < 4.78 is 11.7. The largest absolute Gasteiger partial charge is 0.497 e. The fraction of sp³-hybridized carbons (Fsp3) is 0.217. The number of carbonyl (C=O) groups is 1. The van der Waals surface area contributed by atoms with Crippen LogP contribution in [0.5, 0.6) is 17.4 Å². The van der Waals surface area contributed by atoms with E-state index in [2.05, 4.69) is 10.1 Å². The van der Waals surface area contributed by atoms with E-state index in [1.54, 1.807) is 30.3 Å². The van der Waals surface area contributed by atoms with Crippen molar-refractivity contribution in [1.82, 2.24) is 14.6 Å². The van der Waals surface area contributed by atoms with Gasteiger partial charge in [0.2, 0.25) is 11.8 Å². The monoisotopic (exact) mass is 484 g/mol. The van der Waals surface area contributed by atoms with Crippen LogP contribution in [-0.2, 0) is 4.79 Å². The molecule has 2 heterocycles. The number of methoxy groups -OCH3 is 2. The average Bonchev–Trinajstić information content (AvgIpc) is 3.24. The van der Waals surface area contributed by atoms with Gasteiger partial charge in [-0.1, -0.05) is 11.6 Å². The smallest absolute Gasteiger partial charge is 0.335 e. The highest BCUT2D eigenvalue weighted by molar-refractivity contribution is 6.30. The topological polar surface area (TPSA) is 126 Å². The summed E-state index contributed by atoms with van der Waals surface area (Å²) >= 11 is 5.92. The Kier molecular flexibility index (Phi) is 6.16. The highest BCUT2D eigenvalue weighted by atomic mass is 35.5. The van der Waals surface area contributed by atoms with Crippen molar-refractivity contribution in [2.24, 2.45) is 5.10 Å². The maximum Gasteiger partial charge on any atom is 0.335 e. The van der Waals surface area contributed by atoms with Crippen LogP contribution >= 0.6 is 11.6 Å². The number of rotatable bonds is 5. The summed E-state index contributed by atoms with van der Waals surface area (Å²) in [6.45, 7) is 1.34. The number of aromatic hydroxyl groups is 1. The van der Waals surface area contributed by atoms with Gasteiger partial charge in [0.15, 0.2) is 0 Å². The Morgan fingerprint density at radius 3 is 2.47 bits per heavy atom. The minimum Gasteiger partial charge on any atom is -0.497 e. The highest BCUT2D eigenvalue weighted by Gasteiger charge is 2.36. The summed E-state index contributed by atoms with van der Waals surface area (Å²) in [6.07, 6.45) is 0.0950. The van der Waals surface area contributed by atoms with Crippen molar-refractivity contribution >= 4 is 23.2 Å². The molecule has 0 spiro atoms. The molecular formula is C23H21ClN4O6. The summed E-state index contributed by atoms with van der Waals surface area (Å²) in [5, 5.41) is 17.0. The number of amides is 1. The Balaban J connectivity index is 1.83. The SMILES string of the molecule is COc1ccc([C@@H]2CC(c3c(O)n(-c4ccc(Cl)cc4)c(=O)[nH]c3=O)=NN2C(C)=O)c(OC)c1. The number of hydrogen-bond acceptors (Lipinski definition) is 7. The number of benzene rings is 2. The molecular weight excluding hydrogens is 464 g/mol. The molecule has 1 aliphatic rings. The predicted octanol–water partition coefficient (Wildman–Crippen LogP) is 2.60. The van der Waals surface area contributed by atoms with Crippen molar-refractivity contribution in [2.45, 2.75) is 19.4 Å². The van der Waals surface area contributed by atoms with Gasteiger partial charge in [-0.25, -0.2) is 14.4 Å². The summed E-state index contributed by atoms with van der Waals surface area (Å²) in [7, 11) is 3.02. The van der Waals surface area contributed by atoms with E-state index in [9.17, 15) is 19.5 Å². The Hall–Kier alpha value is -4.05. The van der Waals surface area contributed by atoms with E-state index in [-0.39, 0.29) is 23.6 Å². The summed E-state index contributed by atoms with van der Waals surface area (Å²) in [6, 6.07) is 10.7. The van der Waals surface area contributed by atoms with Crippen LogP contribution in [0, 0.1) is 0 Å². The summed E-state index contributed by atoms with van der Waals surface area (Å²) in [4.78, 5) is 39.9. The molecule has 11 heteroatoms. The first-order valence-electron chi connectivity index (χ1n) is 10.2. The number of aromatic nitrogens is 2. The zero-order valence-corrected chi connectivity index (χ0v) is 19.3. The van der Waals surface area contributed by atoms with E-state index >= 15 is 0 Å². The fourth-order valence-corrected chi connectivity index (χ4v) is 4.03. The Morgan fingerprint density at radius 1 is 1.15 bits per heavy atom. The first kappa shape index (κ1) is 23.1. The molecule has 4 rings (SSSR count). The molecule has 0 fully saturated rings. The summed E-state index contributed by atoms with van der Waals surface area (Å²) in [5.41, 5.74) is -0.796. The van der Waals surface area contributed by atoms with E-state index in [4.69, 9.17) is 21.1 Å². The van der Waals surface area contributed by atoms with Gasteiger partial charge in [0.05, 0.1) is 31.7 Å². The lowest BCUT2D eigenvalue weighted by Gasteiger charge is -2.22. The number of halogens is 1. The standard InChI is InChI=1S/C23H21ClN4O6/c1-12(29)28-18(16-9-8-15(33-2)10-19(16)34-3)11-17(26-28)20-21(30)25-23(32)27(22(20)31)14-6-4-13(24)5-7-14/h4-10,18,31H,11H2,1-3H3,(H,25,30,32)/t18-/m0/s1. The highest BCUT2D eigenvalue weighted by Crippen LogP contribution is 2.39. The molecule has 0 bridgehead atoms. The third kappa shape index (κ3) is 4.03. The molecule has 176 valence electrons. The Morgan fingerprint density at radius 2 is 1.85 bits per heavy atom. The molecule has 1 aromatic heterocycles. The molecule has 2 aromatic carbocycles. The van der Waals surface area contributed by atoms with Gasteiger partial charge in [0.1, 0.15) is 17.1 Å². The quantitative estimate of drug-likeness (QED) is 0.573. The first-order chi connectivity index (χ1) is 16.2. The van der Waals surface area contributed by atoms with Crippen molar-refractivity contribution in [2.75, 3.05) is 14.2 Å². The van der Waals surface area contributed by atoms with E-state index in [0.29, 0.717) is 27.8 Å². The maximum absolute atomic E-state index is 12.7. The average molecular weight is 485 g/mol. The molecule has 0 saturated heterocycles. The molecule has 2 N–H and O–H groups in total. The number of ether oxygens (including phenoxy) is 2. The van der Waals surface area contributed by atoms with Crippen LogP contribution in [0.15, 0.2) is 57.2 Å². The Bertz CT molecular complexity index is 1410. The van der Waals surface area contributed by atoms with E-state index in [0.717, 1.165) is 4.57 Å². The van der Waals surface area contributed by atoms with E-state index in [1.807, 2.05) is 0 Å². The number of H-pyrrole nitrogens is 1. The van der Waals surface area contributed by atoms with Crippen LogP contribution in [0.3, 0.4) is 0 Å². The van der Waals surface area contributed by atoms with Gasteiger partial charge in [-0.3, -0.25) is 14.6 Å². The number of nitrogens with one attached hydrogen (secondary N) is 1. The van der Waals surface area contributed by atoms with Crippen LogP contribution in [0.2, 0.25) is 5.02 Å². The maximum atomic E-state index is 12.7. The third-order valence-electron chi connectivity index (χ3n) is 5.49. The number of nitrogens with zero attached hydrogens (tertiary/aromatic N) is 3. The van der Waals surface area contributed by atoms with E-state index in [1.165, 1.54) is 38.3 Å². The molecule has 34 heavy (non-hydrogen) atoms. The van der Waals surface area contributed by atoms with Crippen LogP contribution in [0.4, 0.5) is 0 Å². The molecule has 3 aromatic rings. The fourth-order valence-electron chi connectivity index (χ4n) is 3.90. The van der Waals surface area contributed by atoms with Gasteiger partial charge in [-0.15, -0.1) is 0 Å². The summed E-state index contributed by atoms with van der Waals surface area (Å²) in [5.74, 6) is 0.0649. The van der Waals surface area contributed by atoms with Gasteiger partial charge in [-0.05, 0) is 36.4 Å². The Labute approximate surface area is 198 Å². The van der Waals surface area contributed by atoms with Crippen molar-refractivity contribution in [3.63, 3.8) is 0 Å². The van der Waals surface area contributed by atoms with Gasteiger partial charge in [0, 0.05) is 30.0 Å². The van der Waals surface area contributed by atoms with Crippen molar-refractivity contribution in [1.29, 1.82) is 0 Å². The third-order valence-corrected chi connectivity index (χ3v) is 5.74. The molecule has 0 radical (unpaired) electrons. The van der Waals surface area contributed by atoms with Gasteiger partial charge >= 0.3 is 5.69 Å². The minimum absolute atomic E-state index is 0.0950. The number of aromatic amines is 1. The van der Waals surface area contributed by atoms with Crippen molar-refractivity contribution in [3.8, 4) is 23.1 Å². The number of hydrogen-bond donors (Lipinski definition) is 2. The zero-order chi connectivity index (χ0) is 24.6. The molecule has 1 amide bonds. The zero-order valence-electron chi connectivity index (χ0n) is 18.5.